The van der Waals surface area contributed by atoms with Crippen LogP contribution in [0, 0.1) is 0 Å². The summed E-state index contributed by atoms with van der Waals surface area (Å²) in [6.45, 7) is 2.67. The van der Waals surface area contributed by atoms with Gasteiger partial charge in [0.2, 0.25) is 10.0 Å². The van der Waals surface area contributed by atoms with Gasteiger partial charge < -0.3 is 4.98 Å². The number of fused-ring (bicyclic) bond motifs is 1. The fourth-order valence-electron chi connectivity index (χ4n) is 2.53. The number of aromatic nitrogens is 2. The van der Waals surface area contributed by atoms with E-state index in [0.717, 1.165) is 28.6 Å². The van der Waals surface area contributed by atoms with Crippen molar-refractivity contribution in [3.05, 3.63) is 36.2 Å². The second-order valence-electron chi connectivity index (χ2n) is 4.84. The standard InChI is InChI=1S/C14H17N3O2S/c1-2-20(18,19)17-8-5-11(6-9-17)12-10-16-13-4-3-7-15-14(12)13/h3-5,7,10,16H,2,6,8-9H2,1H3. The van der Waals surface area contributed by atoms with Crippen LogP contribution in [0.2, 0.25) is 0 Å². The van der Waals surface area contributed by atoms with Gasteiger partial charge in [0.15, 0.2) is 0 Å². The molecule has 0 atom stereocenters. The Kier molecular flexibility index (Phi) is 3.35. The van der Waals surface area contributed by atoms with E-state index in [2.05, 4.69) is 9.97 Å². The van der Waals surface area contributed by atoms with E-state index in [9.17, 15) is 8.42 Å². The lowest BCUT2D eigenvalue weighted by Crippen LogP contribution is -2.35. The molecule has 0 aliphatic carbocycles. The number of aromatic amines is 1. The molecule has 20 heavy (non-hydrogen) atoms. The van der Waals surface area contributed by atoms with Crippen LogP contribution in [0.15, 0.2) is 30.6 Å². The average Bonchev–Trinajstić information content (AvgIpc) is 2.91. The van der Waals surface area contributed by atoms with Crippen LogP contribution in [0.5, 0.6) is 0 Å². The molecule has 0 saturated carbocycles. The minimum atomic E-state index is -3.09. The van der Waals surface area contributed by atoms with E-state index in [1.54, 1.807) is 17.4 Å². The number of rotatable bonds is 3. The zero-order chi connectivity index (χ0) is 14.2. The quantitative estimate of drug-likeness (QED) is 0.940. The van der Waals surface area contributed by atoms with Crippen LogP contribution in [0.4, 0.5) is 0 Å². The molecule has 106 valence electrons. The van der Waals surface area contributed by atoms with Gasteiger partial charge in [0, 0.05) is 31.0 Å². The summed E-state index contributed by atoms with van der Waals surface area (Å²) in [5.41, 5.74) is 4.20. The summed E-state index contributed by atoms with van der Waals surface area (Å²) in [6.07, 6.45) is 6.45. The van der Waals surface area contributed by atoms with Gasteiger partial charge >= 0.3 is 0 Å². The Labute approximate surface area is 118 Å². The van der Waals surface area contributed by atoms with E-state index in [1.165, 1.54) is 0 Å². The molecule has 0 spiro atoms. The highest BCUT2D eigenvalue weighted by atomic mass is 32.2. The third kappa shape index (κ3) is 2.25. The molecule has 2 aromatic heterocycles. The predicted octanol–water partition coefficient (Wildman–Crippen LogP) is 2.00. The van der Waals surface area contributed by atoms with E-state index in [-0.39, 0.29) is 5.75 Å². The van der Waals surface area contributed by atoms with Gasteiger partial charge in [-0.25, -0.2) is 8.42 Å². The maximum Gasteiger partial charge on any atom is 0.214 e. The van der Waals surface area contributed by atoms with E-state index < -0.39 is 10.0 Å². The van der Waals surface area contributed by atoms with Crippen molar-refractivity contribution in [1.82, 2.24) is 14.3 Å². The van der Waals surface area contributed by atoms with Crippen LogP contribution in [-0.4, -0.2) is 41.5 Å². The van der Waals surface area contributed by atoms with Crippen LogP contribution in [0.25, 0.3) is 16.6 Å². The number of sulfonamides is 1. The number of pyridine rings is 1. The highest BCUT2D eigenvalue weighted by molar-refractivity contribution is 7.89. The second kappa shape index (κ2) is 5.03. The molecule has 0 bridgehead atoms. The van der Waals surface area contributed by atoms with Gasteiger partial charge in [-0.15, -0.1) is 0 Å². The minimum absolute atomic E-state index is 0.158. The van der Waals surface area contributed by atoms with Gasteiger partial charge in [-0.2, -0.15) is 4.31 Å². The first-order valence-electron chi connectivity index (χ1n) is 6.71. The molecule has 5 nitrogen and oxygen atoms in total. The molecule has 0 radical (unpaired) electrons. The molecule has 1 N–H and O–H groups in total. The Morgan fingerprint density at radius 3 is 3.00 bits per heavy atom. The summed E-state index contributed by atoms with van der Waals surface area (Å²) < 4.78 is 25.2. The first-order valence-corrected chi connectivity index (χ1v) is 8.32. The highest BCUT2D eigenvalue weighted by Gasteiger charge is 2.23. The van der Waals surface area contributed by atoms with Gasteiger partial charge in [0.25, 0.3) is 0 Å². The summed E-state index contributed by atoms with van der Waals surface area (Å²) in [6, 6.07) is 3.89. The van der Waals surface area contributed by atoms with Crippen LogP contribution >= 0.6 is 0 Å². The zero-order valence-corrected chi connectivity index (χ0v) is 12.2. The number of hydrogen-bond acceptors (Lipinski definition) is 3. The molecule has 0 fully saturated rings. The largest absolute Gasteiger partial charge is 0.359 e. The monoisotopic (exact) mass is 291 g/mol. The maximum atomic E-state index is 11.8. The van der Waals surface area contributed by atoms with Gasteiger partial charge in [-0.05, 0) is 31.1 Å². The molecule has 6 heteroatoms. The topological polar surface area (TPSA) is 66.1 Å². The lowest BCUT2D eigenvalue weighted by molar-refractivity contribution is 0.442. The van der Waals surface area contributed by atoms with Crippen molar-refractivity contribution < 1.29 is 8.42 Å². The third-order valence-corrected chi connectivity index (χ3v) is 5.56. The van der Waals surface area contributed by atoms with E-state index in [0.29, 0.717) is 13.1 Å². The lowest BCUT2D eigenvalue weighted by atomic mass is 10.0. The van der Waals surface area contributed by atoms with Crippen molar-refractivity contribution in [1.29, 1.82) is 0 Å². The van der Waals surface area contributed by atoms with Gasteiger partial charge in [0.05, 0.1) is 16.8 Å². The van der Waals surface area contributed by atoms with Crippen molar-refractivity contribution >= 4 is 26.6 Å². The van der Waals surface area contributed by atoms with Crippen molar-refractivity contribution in [2.75, 3.05) is 18.8 Å². The lowest BCUT2D eigenvalue weighted by Gasteiger charge is -2.25. The highest BCUT2D eigenvalue weighted by Crippen LogP contribution is 2.28. The fourth-order valence-corrected chi connectivity index (χ4v) is 3.57. The number of nitrogens with one attached hydrogen (secondary N) is 1. The molecular weight excluding hydrogens is 274 g/mol. The number of H-pyrrole nitrogens is 1. The first-order chi connectivity index (χ1) is 9.62. The van der Waals surface area contributed by atoms with Crippen molar-refractivity contribution in [2.24, 2.45) is 0 Å². The van der Waals surface area contributed by atoms with Gasteiger partial charge in [-0.3, -0.25) is 4.98 Å². The Morgan fingerprint density at radius 2 is 2.30 bits per heavy atom. The summed E-state index contributed by atoms with van der Waals surface area (Å²) in [4.78, 5) is 7.60. The van der Waals surface area contributed by atoms with Crippen molar-refractivity contribution in [3.8, 4) is 0 Å². The van der Waals surface area contributed by atoms with Gasteiger partial charge in [-0.1, -0.05) is 6.08 Å². The number of hydrogen-bond donors (Lipinski definition) is 1. The Hall–Kier alpha value is -1.66. The molecule has 3 heterocycles. The summed E-state index contributed by atoms with van der Waals surface area (Å²) in [5.74, 6) is 0.158. The molecule has 0 saturated heterocycles. The second-order valence-corrected chi connectivity index (χ2v) is 7.10. The van der Waals surface area contributed by atoms with Crippen molar-refractivity contribution in [2.45, 2.75) is 13.3 Å². The van der Waals surface area contributed by atoms with Crippen LogP contribution in [-0.2, 0) is 10.0 Å². The normalized spacial score (nSPS) is 17.4. The molecule has 1 aliphatic rings. The third-order valence-electron chi connectivity index (χ3n) is 3.71. The predicted molar refractivity (Wildman–Crippen MR) is 79.7 cm³/mol. The van der Waals surface area contributed by atoms with Crippen LogP contribution in [0.1, 0.15) is 18.9 Å². The Balaban J connectivity index is 1.90. The number of nitrogens with zero attached hydrogens (tertiary/aromatic N) is 2. The maximum absolute atomic E-state index is 11.8. The van der Waals surface area contributed by atoms with Crippen LogP contribution in [0.3, 0.4) is 0 Å². The summed E-state index contributed by atoms with van der Waals surface area (Å²) >= 11 is 0. The molecule has 3 rings (SSSR count). The summed E-state index contributed by atoms with van der Waals surface area (Å²) in [7, 11) is -3.09. The smallest absolute Gasteiger partial charge is 0.214 e. The van der Waals surface area contributed by atoms with E-state index in [1.807, 2.05) is 24.4 Å². The first kappa shape index (κ1) is 13.3. The summed E-state index contributed by atoms with van der Waals surface area (Å²) in [5, 5.41) is 0. The molecule has 0 amide bonds. The zero-order valence-electron chi connectivity index (χ0n) is 11.3. The molecule has 1 aliphatic heterocycles. The average molecular weight is 291 g/mol. The van der Waals surface area contributed by atoms with E-state index in [4.69, 9.17) is 0 Å². The molecule has 0 aromatic carbocycles. The molecule has 0 unspecified atom stereocenters. The van der Waals surface area contributed by atoms with Crippen molar-refractivity contribution in [3.63, 3.8) is 0 Å². The Morgan fingerprint density at radius 1 is 1.45 bits per heavy atom. The Bertz CT molecular complexity index is 762. The molecular formula is C14H17N3O2S. The minimum Gasteiger partial charge on any atom is -0.359 e. The molecule has 2 aromatic rings. The van der Waals surface area contributed by atoms with Crippen LogP contribution < -0.4 is 0 Å². The SMILES string of the molecule is CCS(=O)(=O)N1CC=C(c2c[nH]c3cccnc23)CC1. The van der Waals surface area contributed by atoms with Gasteiger partial charge in [0.1, 0.15) is 0 Å². The van der Waals surface area contributed by atoms with E-state index >= 15 is 0 Å². The fraction of sp³-hybridized carbons (Fsp3) is 0.357.